The third-order valence-electron chi connectivity index (χ3n) is 2.98. The molecule has 3 nitrogen and oxygen atoms in total. The number of hydrogen-bond donors (Lipinski definition) is 2. The molecule has 2 N–H and O–H groups in total. The minimum absolute atomic E-state index is 0.169. The van der Waals surface area contributed by atoms with E-state index in [1.165, 1.54) is 5.56 Å². The van der Waals surface area contributed by atoms with E-state index in [4.69, 9.17) is 12.2 Å². The Labute approximate surface area is 111 Å². The summed E-state index contributed by atoms with van der Waals surface area (Å²) in [7, 11) is 0. The predicted molar refractivity (Wildman–Crippen MR) is 77.9 cm³/mol. The molecule has 0 amide bonds. The number of fused-ring (bicyclic) bond motifs is 1. The van der Waals surface area contributed by atoms with Crippen LogP contribution in [0.25, 0.3) is 0 Å². The molecule has 0 aliphatic carbocycles. The van der Waals surface area contributed by atoms with E-state index in [1.807, 2.05) is 30.3 Å². The van der Waals surface area contributed by atoms with Gasteiger partial charge >= 0.3 is 0 Å². The van der Waals surface area contributed by atoms with E-state index in [0.29, 0.717) is 0 Å². The highest BCUT2D eigenvalue weighted by Crippen LogP contribution is 2.30. The van der Waals surface area contributed by atoms with Gasteiger partial charge < -0.3 is 10.6 Å². The minimum Gasteiger partial charge on any atom is -0.361 e. The lowest BCUT2D eigenvalue weighted by atomic mass is 10.0. The summed E-state index contributed by atoms with van der Waals surface area (Å²) >= 11 is 5.37. The lowest BCUT2D eigenvalue weighted by Gasteiger charge is -2.16. The van der Waals surface area contributed by atoms with Crippen LogP contribution in [0.4, 0.5) is 11.5 Å². The first-order chi connectivity index (χ1) is 8.83. The molecule has 0 bridgehead atoms. The molecule has 2 heterocycles. The zero-order valence-electron chi connectivity index (χ0n) is 9.76. The third-order valence-corrected chi connectivity index (χ3v) is 3.25. The van der Waals surface area contributed by atoms with Gasteiger partial charge in [-0.1, -0.05) is 42.5 Å². The maximum atomic E-state index is 5.37. The molecule has 90 valence electrons. The van der Waals surface area contributed by atoms with Gasteiger partial charge in [-0.05, 0) is 17.7 Å². The van der Waals surface area contributed by atoms with Gasteiger partial charge in [0.1, 0.15) is 5.82 Å². The summed E-state index contributed by atoms with van der Waals surface area (Å²) in [5.74, 6) is 0.853. The number of anilines is 2. The molecule has 1 aromatic heterocycles. The topological polar surface area (TPSA) is 37.0 Å². The molecule has 0 spiro atoms. The molecule has 1 atom stereocenters. The summed E-state index contributed by atoms with van der Waals surface area (Å²) < 4.78 is 0. The Kier molecular flexibility index (Phi) is 2.94. The Morgan fingerprint density at radius 2 is 1.94 bits per heavy atom. The van der Waals surface area contributed by atoms with Crippen LogP contribution < -0.4 is 10.6 Å². The van der Waals surface area contributed by atoms with E-state index in [9.17, 15) is 0 Å². The quantitative estimate of drug-likeness (QED) is 0.766. The molecule has 0 saturated heterocycles. The van der Waals surface area contributed by atoms with Crippen molar-refractivity contribution in [2.24, 2.45) is 0 Å². The number of nitrogens with one attached hydrogen (secondary N) is 2. The van der Waals surface area contributed by atoms with E-state index in [2.05, 4.69) is 27.8 Å². The van der Waals surface area contributed by atoms with Crippen molar-refractivity contribution in [2.75, 3.05) is 10.6 Å². The van der Waals surface area contributed by atoms with E-state index in [-0.39, 0.29) is 6.04 Å². The highest BCUT2D eigenvalue weighted by atomic mass is 32.1. The van der Waals surface area contributed by atoms with Crippen LogP contribution in [0.1, 0.15) is 18.0 Å². The normalized spacial score (nSPS) is 18.2. The van der Waals surface area contributed by atoms with Crippen LogP contribution in [-0.4, -0.2) is 9.97 Å². The van der Waals surface area contributed by atoms with Gasteiger partial charge in [0.15, 0.2) is 0 Å². The standard InChI is InChI=1S/C14H13N3S/c18-13-9-12(10-5-2-1-3-6-10)17-14-11(16-13)7-4-8-15-14/h1-8,12H,9H2,(H,15,17)(H,16,18). The minimum atomic E-state index is 0.169. The van der Waals surface area contributed by atoms with Crippen molar-refractivity contribution in [2.45, 2.75) is 12.5 Å². The lowest BCUT2D eigenvalue weighted by molar-refractivity contribution is 0.827. The molecule has 18 heavy (non-hydrogen) atoms. The zero-order chi connectivity index (χ0) is 12.4. The highest BCUT2D eigenvalue weighted by molar-refractivity contribution is 7.80. The molecule has 4 heteroatoms. The Balaban J connectivity index is 1.97. The first kappa shape index (κ1) is 11.2. The number of thiocarbonyl (C=S) groups is 1. The van der Waals surface area contributed by atoms with Crippen LogP contribution in [0, 0.1) is 0 Å². The molecular formula is C14H13N3S. The van der Waals surface area contributed by atoms with Crippen molar-refractivity contribution >= 4 is 28.7 Å². The zero-order valence-corrected chi connectivity index (χ0v) is 10.6. The van der Waals surface area contributed by atoms with E-state index in [0.717, 1.165) is 22.9 Å². The van der Waals surface area contributed by atoms with E-state index < -0.39 is 0 Å². The first-order valence-electron chi connectivity index (χ1n) is 5.89. The number of aromatic nitrogens is 1. The van der Waals surface area contributed by atoms with Gasteiger partial charge in [-0.2, -0.15) is 0 Å². The van der Waals surface area contributed by atoms with Gasteiger partial charge in [-0.15, -0.1) is 0 Å². The molecule has 1 unspecified atom stereocenters. The fourth-order valence-electron chi connectivity index (χ4n) is 2.11. The molecule has 0 fully saturated rings. The molecule has 0 radical (unpaired) electrons. The van der Waals surface area contributed by atoms with Gasteiger partial charge in [-0.25, -0.2) is 4.98 Å². The van der Waals surface area contributed by atoms with Crippen LogP contribution in [-0.2, 0) is 0 Å². The fraction of sp³-hybridized carbons (Fsp3) is 0.143. The fourth-order valence-corrected chi connectivity index (χ4v) is 2.39. The van der Waals surface area contributed by atoms with Gasteiger partial charge in [0, 0.05) is 12.6 Å². The van der Waals surface area contributed by atoms with E-state index in [1.54, 1.807) is 6.20 Å². The predicted octanol–water partition coefficient (Wildman–Crippen LogP) is 3.38. The molecule has 3 rings (SSSR count). The van der Waals surface area contributed by atoms with Crippen molar-refractivity contribution in [3.05, 3.63) is 54.2 Å². The smallest absolute Gasteiger partial charge is 0.150 e. The van der Waals surface area contributed by atoms with Crippen molar-refractivity contribution in [3.63, 3.8) is 0 Å². The highest BCUT2D eigenvalue weighted by Gasteiger charge is 2.20. The second-order valence-electron chi connectivity index (χ2n) is 4.26. The van der Waals surface area contributed by atoms with Crippen molar-refractivity contribution in [1.29, 1.82) is 0 Å². The van der Waals surface area contributed by atoms with Crippen molar-refractivity contribution in [1.82, 2.24) is 4.98 Å². The Morgan fingerprint density at radius 1 is 1.11 bits per heavy atom. The van der Waals surface area contributed by atoms with Gasteiger partial charge in [-0.3, -0.25) is 0 Å². The summed E-state index contributed by atoms with van der Waals surface area (Å²) in [5, 5.41) is 6.67. The number of nitrogens with zero attached hydrogens (tertiary/aromatic N) is 1. The van der Waals surface area contributed by atoms with Crippen LogP contribution in [0.5, 0.6) is 0 Å². The summed E-state index contributed by atoms with van der Waals surface area (Å²) in [6.07, 6.45) is 2.56. The Hall–Kier alpha value is -1.94. The molecule has 1 aliphatic heterocycles. The third kappa shape index (κ3) is 2.19. The number of hydrogen-bond acceptors (Lipinski definition) is 3. The SMILES string of the molecule is S=C1CC(c2ccccc2)Nc2ncccc2N1. The molecule has 1 aromatic carbocycles. The summed E-state index contributed by atoms with van der Waals surface area (Å²) in [6, 6.07) is 14.4. The molecular weight excluding hydrogens is 242 g/mol. The van der Waals surface area contributed by atoms with Crippen LogP contribution in [0.2, 0.25) is 0 Å². The summed E-state index contributed by atoms with van der Waals surface area (Å²) in [4.78, 5) is 5.19. The van der Waals surface area contributed by atoms with E-state index >= 15 is 0 Å². The number of rotatable bonds is 1. The van der Waals surface area contributed by atoms with Gasteiger partial charge in [0.2, 0.25) is 0 Å². The second-order valence-corrected chi connectivity index (χ2v) is 4.75. The number of pyridine rings is 1. The van der Waals surface area contributed by atoms with Gasteiger partial charge in [0.25, 0.3) is 0 Å². The molecule has 1 aliphatic rings. The van der Waals surface area contributed by atoms with Crippen LogP contribution >= 0.6 is 12.2 Å². The average Bonchev–Trinajstić information content (AvgIpc) is 2.57. The van der Waals surface area contributed by atoms with Crippen LogP contribution in [0.15, 0.2) is 48.7 Å². The van der Waals surface area contributed by atoms with Crippen LogP contribution in [0.3, 0.4) is 0 Å². The Morgan fingerprint density at radius 3 is 2.78 bits per heavy atom. The maximum absolute atomic E-state index is 5.37. The monoisotopic (exact) mass is 255 g/mol. The Bertz CT molecular complexity index is 568. The van der Waals surface area contributed by atoms with Crippen molar-refractivity contribution < 1.29 is 0 Å². The van der Waals surface area contributed by atoms with Gasteiger partial charge in [0.05, 0.1) is 16.7 Å². The second kappa shape index (κ2) is 4.74. The average molecular weight is 255 g/mol. The molecule has 0 saturated carbocycles. The lowest BCUT2D eigenvalue weighted by Crippen LogP contribution is -2.14. The van der Waals surface area contributed by atoms with Crippen molar-refractivity contribution in [3.8, 4) is 0 Å². The number of benzene rings is 1. The largest absolute Gasteiger partial charge is 0.361 e. The first-order valence-corrected chi connectivity index (χ1v) is 6.30. The maximum Gasteiger partial charge on any atom is 0.150 e. The molecule has 2 aromatic rings. The summed E-state index contributed by atoms with van der Waals surface area (Å²) in [6.45, 7) is 0. The summed E-state index contributed by atoms with van der Waals surface area (Å²) in [5.41, 5.74) is 2.17.